The number of aromatic amines is 1. The Hall–Kier alpha value is -3.65. The second kappa shape index (κ2) is 7.74. The molecule has 0 radical (unpaired) electrons. The van der Waals surface area contributed by atoms with E-state index in [0.717, 1.165) is 33.1 Å². The highest BCUT2D eigenvalue weighted by molar-refractivity contribution is 6.17. The summed E-state index contributed by atoms with van der Waals surface area (Å²) in [5.41, 5.74) is 10.5. The fourth-order valence-electron chi connectivity index (χ4n) is 4.90. The van der Waals surface area contributed by atoms with E-state index in [1.165, 1.54) is 0 Å². The summed E-state index contributed by atoms with van der Waals surface area (Å²) in [6, 6.07) is 9.34. The third-order valence-electron chi connectivity index (χ3n) is 6.25. The standard InChI is InChI=1S/C25H26N4O4/c1-12-10-29(11-13(2)32-12)25(31)16-5-6-18-19-7-17(22-14(3)28-33-15(22)4)8-20(24(26)30)23(19)27-21(18)9-16/h5-9,12-13,27H,10-11H2,1-4H3,(H2,26,30)/t12-,13+. The Morgan fingerprint density at radius 1 is 1.09 bits per heavy atom. The number of benzene rings is 2. The van der Waals surface area contributed by atoms with E-state index < -0.39 is 5.91 Å². The van der Waals surface area contributed by atoms with Gasteiger partial charge in [0.2, 0.25) is 0 Å². The van der Waals surface area contributed by atoms with Crippen molar-refractivity contribution in [2.45, 2.75) is 39.9 Å². The summed E-state index contributed by atoms with van der Waals surface area (Å²) in [6.45, 7) is 8.75. The number of primary amides is 1. The second-order valence-corrected chi connectivity index (χ2v) is 8.86. The number of aromatic nitrogens is 2. The molecule has 1 saturated heterocycles. The van der Waals surface area contributed by atoms with Crippen molar-refractivity contribution in [3.63, 3.8) is 0 Å². The summed E-state index contributed by atoms with van der Waals surface area (Å²) in [4.78, 5) is 30.6. The first kappa shape index (κ1) is 21.2. The number of morpholine rings is 1. The molecule has 0 unspecified atom stereocenters. The number of nitrogens with zero attached hydrogens (tertiary/aromatic N) is 2. The van der Waals surface area contributed by atoms with Gasteiger partial charge >= 0.3 is 0 Å². The fourth-order valence-corrected chi connectivity index (χ4v) is 4.90. The number of H-pyrrole nitrogens is 1. The van der Waals surface area contributed by atoms with Crippen LogP contribution in [0.15, 0.2) is 34.9 Å². The minimum Gasteiger partial charge on any atom is -0.372 e. The van der Waals surface area contributed by atoms with E-state index >= 15 is 0 Å². The lowest BCUT2D eigenvalue weighted by atomic mass is 9.97. The van der Waals surface area contributed by atoms with Gasteiger partial charge in [-0.1, -0.05) is 11.2 Å². The number of carbonyl (C=O) groups excluding carboxylic acids is 2. The van der Waals surface area contributed by atoms with Crippen LogP contribution in [0.4, 0.5) is 0 Å². The normalized spacial score (nSPS) is 18.8. The van der Waals surface area contributed by atoms with Crippen LogP contribution in [0.25, 0.3) is 32.9 Å². The quantitative estimate of drug-likeness (QED) is 0.495. The first-order valence-electron chi connectivity index (χ1n) is 11.0. The van der Waals surface area contributed by atoms with Crippen molar-refractivity contribution < 1.29 is 18.8 Å². The van der Waals surface area contributed by atoms with Crippen LogP contribution in [0.2, 0.25) is 0 Å². The Morgan fingerprint density at radius 2 is 1.82 bits per heavy atom. The lowest BCUT2D eigenvalue weighted by molar-refractivity contribution is -0.0586. The number of hydrogen-bond acceptors (Lipinski definition) is 5. The highest BCUT2D eigenvalue weighted by Crippen LogP contribution is 2.35. The molecule has 8 heteroatoms. The third kappa shape index (κ3) is 3.56. The lowest BCUT2D eigenvalue weighted by Crippen LogP contribution is -2.48. The van der Waals surface area contributed by atoms with Crippen molar-refractivity contribution in [3.05, 3.63) is 52.9 Å². The molecular weight excluding hydrogens is 420 g/mol. The molecule has 2 aromatic carbocycles. The number of fused-ring (bicyclic) bond motifs is 3. The van der Waals surface area contributed by atoms with Gasteiger partial charge in [0.05, 0.1) is 29.0 Å². The Balaban J connectivity index is 1.64. The molecular formula is C25H26N4O4. The van der Waals surface area contributed by atoms with Gasteiger partial charge in [-0.15, -0.1) is 0 Å². The Bertz CT molecular complexity index is 1390. The summed E-state index contributed by atoms with van der Waals surface area (Å²) in [7, 11) is 0. The molecule has 5 rings (SSSR count). The zero-order valence-electron chi connectivity index (χ0n) is 19.1. The van der Waals surface area contributed by atoms with Gasteiger partial charge in [-0.05, 0) is 57.5 Å². The molecule has 1 fully saturated rings. The maximum absolute atomic E-state index is 13.2. The van der Waals surface area contributed by atoms with Crippen molar-refractivity contribution in [2.24, 2.45) is 5.73 Å². The maximum Gasteiger partial charge on any atom is 0.254 e. The molecule has 2 atom stereocenters. The number of hydrogen-bond donors (Lipinski definition) is 2. The van der Waals surface area contributed by atoms with Crippen molar-refractivity contribution in [1.29, 1.82) is 0 Å². The van der Waals surface area contributed by atoms with Crippen LogP contribution >= 0.6 is 0 Å². The zero-order valence-corrected chi connectivity index (χ0v) is 19.1. The molecule has 4 aromatic rings. The van der Waals surface area contributed by atoms with E-state index in [2.05, 4.69) is 10.1 Å². The van der Waals surface area contributed by atoms with E-state index in [0.29, 0.717) is 35.5 Å². The number of nitrogens with one attached hydrogen (secondary N) is 1. The first-order chi connectivity index (χ1) is 15.7. The lowest BCUT2D eigenvalue weighted by Gasteiger charge is -2.35. The second-order valence-electron chi connectivity index (χ2n) is 8.86. The number of nitrogens with two attached hydrogens (primary N) is 1. The van der Waals surface area contributed by atoms with Crippen molar-refractivity contribution in [3.8, 4) is 11.1 Å². The number of rotatable bonds is 3. The minimum absolute atomic E-state index is 0.00428. The summed E-state index contributed by atoms with van der Waals surface area (Å²) in [5, 5.41) is 5.79. The molecule has 3 heterocycles. The zero-order chi connectivity index (χ0) is 23.4. The van der Waals surface area contributed by atoms with Crippen molar-refractivity contribution >= 4 is 33.6 Å². The summed E-state index contributed by atoms with van der Waals surface area (Å²) >= 11 is 0. The fraction of sp³-hybridized carbons (Fsp3) is 0.320. The van der Waals surface area contributed by atoms with Gasteiger partial charge in [-0.25, -0.2) is 0 Å². The van der Waals surface area contributed by atoms with E-state index in [4.69, 9.17) is 15.0 Å². The predicted octanol–water partition coefficient (Wildman–Crippen LogP) is 3.94. The van der Waals surface area contributed by atoms with Crippen molar-refractivity contribution in [2.75, 3.05) is 13.1 Å². The molecule has 170 valence electrons. The molecule has 33 heavy (non-hydrogen) atoms. The van der Waals surface area contributed by atoms with Crippen LogP contribution in [0.5, 0.6) is 0 Å². The van der Waals surface area contributed by atoms with E-state index in [1.54, 1.807) is 6.07 Å². The van der Waals surface area contributed by atoms with E-state index in [-0.39, 0.29) is 18.1 Å². The highest BCUT2D eigenvalue weighted by Gasteiger charge is 2.27. The van der Waals surface area contributed by atoms with Crippen LogP contribution < -0.4 is 5.73 Å². The van der Waals surface area contributed by atoms with Gasteiger partial charge in [0.1, 0.15) is 5.76 Å². The molecule has 0 aliphatic carbocycles. The Morgan fingerprint density at radius 3 is 2.45 bits per heavy atom. The molecule has 1 aliphatic rings. The highest BCUT2D eigenvalue weighted by atomic mass is 16.5. The smallest absolute Gasteiger partial charge is 0.254 e. The number of amides is 2. The van der Waals surface area contributed by atoms with Crippen LogP contribution in [0, 0.1) is 13.8 Å². The molecule has 3 N–H and O–H groups in total. The van der Waals surface area contributed by atoms with Gasteiger partial charge in [0.25, 0.3) is 11.8 Å². The largest absolute Gasteiger partial charge is 0.372 e. The van der Waals surface area contributed by atoms with E-state index in [9.17, 15) is 9.59 Å². The number of ether oxygens (including phenoxy) is 1. The molecule has 8 nitrogen and oxygen atoms in total. The van der Waals surface area contributed by atoms with Gasteiger partial charge in [-0.2, -0.15) is 0 Å². The van der Waals surface area contributed by atoms with Gasteiger partial charge in [-0.3, -0.25) is 9.59 Å². The topological polar surface area (TPSA) is 114 Å². The maximum atomic E-state index is 13.2. The molecule has 0 saturated carbocycles. The average Bonchev–Trinajstić information content (AvgIpc) is 3.30. The Kier molecular flexibility index (Phi) is 4.97. The van der Waals surface area contributed by atoms with Gasteiger partial charge in [0.15, 0.2) is 0 Å². The van der Waals surface area contributed by atoms with Gasteiger partial charge in [0, 0.05) is 40.5 Å². The molecule has 2 amide bonds. The SMILES string of the molecule is Cc1noc(C)c1-c1cc(C(N)=O)c2[nH]c3cc(C(=O)N4C[C@@H](C)O[C@@H](C)C4)ccc3c2c1. The number of aryl methyl sites for hydroxylation is 2. The van der Waals surface area contributed by atoms with Crippen LogP contribution in [0.3, 0.4) is 0 Å². The van der Waals surface area contributed by atoms with Gasteiger partial charge < -0.3 is 24.9 Å². The third-order valence-corrected chi connectivity index (χ3v) is 6.25. The molecule has 1 aliphatic heterocycles. The summed E-state index contributed by atoms with van der Waals surface area (Å²) < 4.78 is 11.1. The van der Waals surface area contributed by atoms with E-state index in [1.807, 2.05) is 56.9 Å². The minimum atomic E-state index is -0.534. The molecule has 2 aromatic heterocycles. The monoisotopic (exact) mass is 446 g/mol. The summed E-state index contributed by atoms with van der Waals surface area (Å²) in [6.07, 6.45) is -0.00856. The summed E-state index contributed by atoms with van der Waals surface area (Å²) in [5.74, 6) is 0.0980. The van der Waals surface area contributed by atoms with Crippen molar-refractivity contribution in [1.82, 2.24) is 15.0 Å². The van der Waals surface area contributed by atoms with Crippen LogP contribution in [-0.2, 0) is 4.74 Å². The van der Waals surface area contributed by atoms with Crippen LogP contribution in [0.1, 0.15) is 46.0 Å². The number of carbonyl (C=O) groups is 2. The molecule has 0 spiro atoms. The van der Waals surface area contributed by atoms with Crippen LogP contribution in [-0.4, -0.2) is 52.2 Å². The first-order valence-corrected chi connectivity index (χ1v) is 11.0. The average molecular weight is 447 g/mol. The Labute approximate surface area is 190 Å². The molecule has 0 bridgehead atoms. The predicted molar refractivity (Wildman–Crippen MR) is 125 cm³/mol.